The standard InChI is InChI=1S/C12H13N5O2/c18-17(19)11-3-1-5-13-12(11)16-6-2-4-10(16)9-7-14-15-8-9/h1,3,5,7-8,10H,2,4,6H2,(H,14,15). The van der Waals surface area contributed by atoms with Crippen molar-refractivity contribution in [1.29, 1.82) is 0 Å². The van der Waals surface area contributed by atoms with Crippen LogP contribution in [0.25, 0.3) is 0 Å². The van der Waals surface area contributed by atoms with Crippen molar-refractivity contribution >= 4 is 11.5 Å². The number of hydrogen-bond donors (Lipinski definition) is 1. The quantitative estimate of drug-likeness (QED) is 0.673. The number of rotatable bonds is 3. The molecule has 0 spiro atoms. The van der Waals surface area contributed by atoms with Gasteiger partial charge in [-0.2, -0.15) is 5.10 Å². The second-order valence-electron chi connectivity index (χ2n) is 4.49. The highest BCUT2D eigenvalue weighted by molar-refractivity contribution is 5.59. The molecular weight excluding hydrogens is 246 g/mol. The van der Waals surface area contributed by atoms with Crippen LogP contribution in [-0.4, -0.2) is 26.6 Å². The van der Waals surface area contributed by atoms with Crippen molar-refractivity contribution in [1.82, 2.24) is 15.2 Å². The first kappa shape index (κ1) is 11.6. The average molecular weight is 259 g/mol. The Morgan fingerprint density at radius 1 is 1.53 bits per heavy atom. The Labute approximate surface area is 109 Å². The maximum Gasteiger partial charge on any atom is 0.311 e. The van der Waals surface area contributed by atoms with E-state index in [1.807, 2.05) is 11.1 Å². The van der Waals surface area contributed by atoms with Gasteiger partial charge in [-0.3, -0.25) is 15.2 Å². The number of anilines is 1. The summed E-state index contributed by atoms with van der Waals surface area (Å²) in [5, 5.41) is 17.8. The molecule has 98 valence electrons. The van der Waals surface area contributed by atoms with Gasteiger partial charge in [0.1, 0.15) is 0 Å². The van der Waals surface area contributed by atoms with Crippen molar-refractivity contribution in [3.05, 3.63) is 46.4 Å². The van der Waals surface area contributed by atoms with Crippen molar-refractivity contribution in [2.45, 2.75) is 18.9 Å². The Hall–Kier alpha value is -2.44. The Morgan fingerprint density at radius 2 is 2.42 bits per heavy atom. The van der Waals surface area contributed by atoms with E-state index in [9.17, 15) is 10.1 Å². The second-order valence-corrected chi connectivity index (χ2v) is 4.49. The van der Waals surface area contributed by atoms with E-state index in [-0.39, 0.29) is 16.7 Å². The average Bonchev–Trinajstić information content (AvgIpc) is 3.09. The van der Waals surface area contributed by atoms with E-state index in [1.165, 1.54) is 6.07 Å². The van der Waals surface area contributed by atoms with Gasteiger partial charge in [0.2, 0.25) is 5.82 Å². The van der Waals surface area contributed by atoms with Gasteiger partial charge in [-0.15, -0.1) is 0 Å². The van der Waals surface area contributed by atoms with Gasteiger partial charge in [-0.25, -0.2) is 4.98 Å². The molecule has 0 radical (unpaired) electrons. The van der Waals surface area contributed by atoms with Crippen LogP contribution in [0.1, 0.15) is 24.4 Å². The van der Waals surface area contributed by atoms with Gasteiger partial charge in [0.05, 0.1) is 17.2 Å². The Morgan fingerprint density at radius 3 is 3.16 bits per heavy atom. The lowest BCUT2D eigenvalue weighted by Gasteiger charge is -2.24. The summed E-state index contributed by atoms with van der Waals surface area (Å²) in [6.07, 6.45) is 7.12. The fourth-order valence-electron chi connectivity index (χ4n) is 2.56. The molecule has 0 bridgehead atoms. The molecule has 0 aliphatic carbocycles. The van der Waals surface area contributed by atoms with Crippen LogP contribution in [-0.2, 0) is 0 Å². The summed E-state index contributed by atoms with van der Waals surface area (Å²) in [7, 11) is 0. The minimum Gasteiger partial charge on any atom is -0.344 e. The number of aromatic nitrogens is 3. The normalized spacial score (nSPS) is 18.7. The molecule has 2 aromatic heterocycles. The van der Waals surface area contributed by atoms with Crippen LogP contribution in [0.3, 0.4) is 0 Å². The smallest absolute Gasteiger partial charge is 0.311 e. The first-order valence-corrected chi connectivity index (χ1v) is 6.12. The zero-order chi connectivity index (χ0) is 13.2. The van der Waals surface area contributed by atoms with Crippen LogP contribution in [0.5, 0.6) is 0 Å². The van der Waals surface area contributed by atoms with Crippen molar-refractivity contribution in [3.8, 4) is 0 Å². The first-order chi connectivity index (χ1) is 9.27. The number of nitrogens with one attached hydrogen (secondary N) is 1. The highest BCUT2D eigenvalue weighted by atomic mass is 16.6. The fraction of sp³-hybridized carbons (Fsp3) is 0.333. The number of aromatic amines is 1. The highest BCUT2D eigenvalue weighted by Crippen LogP contribution is 2.38. The minimum atomic E-state index is -0.382. The molecule has 7 heteroatoms. The molecule has 0 saturated carbocycles. The summed E-state index contributed by atoms with van der Waals surface area (Å²) < 4.78 is 0. The molecule has 3 rings (SSSR count). The van der Waals surface area contributed by atoms with Gasteiger partial charge >= 0.3 is 5.69 Å². The van der Waals surface area contributed by atoms with Crippen molar-refractivity contribution < 1.29 is 4.92 Å². The topological polar surface area (TPSA) is 87.9 Å². The summed E-state index contributed by atoms with van der Waals surface area (Å²) in [6, 6.07) is 3.19. The largest absolute Gasteiger partial charge is 0.344 e. The first-order valence-electron chi connectivity index (χ1n) is 6.12. The zero-order valence-electron chi connectivity index (χ0n) is 10.2. The third-order valence-corrected chi connectivity index (χ3v) is 3.39. The van der Waals surface area contributed by atoms with Crippen LogP contribution in [0.4, 0.5) is 11.5 Å². The molecule has 3 heterocycles. The Balaban J connectivity index is 1.99. The lowest BCUT2D eigenvalue weighted by atomic mass is 10.1. The van der Waals surface area contributed by atoms with Crippen molar-refractivity contribution in [3.63, 3.8) is 0 Å². The van der Waals surface area contributed by atoms with Gasteiger partial charge in [-0.1, -0.05) is 0 Å². The number of nitrogens with zero attached hydrogens (tertiary/aromatic N) is 4. The molecule has 0 amide bonds. The SMILES string of the molecule is O=[N+]([O-])c1cccnc1N1CCCC1c1cn[nH]c1. The zero-order valence-corrected chi connectivity index (χ0v) is 10.2. The maximum absolute atomic E-state index is 11.1. The highest BCUT2D eigenvalue weighted by Gasteiger charge is 2.32. The third kappa shape index (κ3) is 2.03. The minimum absolute atomic E-state index is 0.0536. The Bertz CT molecular complexity index is 584. The summed E-state index contributed by atoms with van der Waals surface area (Å²) in [6.45, 7) is 0.772. The molecule has 1 unspecified atom stereocenters. The second kappa shape index (κ2) is 4.68. The molecule has 1 saturated heterocycles. The number of hydrogen-bond acceptors (Lipinski definition) is 5. The van der Waals surface area contributed by atoms with E-state index in [4.69, 9.17) is 0 Å². The van der Waals surface area contributed by atoms with E-state index in [0.717, 1.165) is 24.9 Å². The van der Waals surface area contributed by atoms with Gasteiger partial charge in [0.25, 0.3) is 0 Å². The van der Waals surface area contributed by atoms with Gasteiger partial charge < -0.3 is 4.90 Å². The van der Waals surface area contributed by atoms with Crippen LogP contribution in [0.15, 0.2) is 30.7 Å². The molecule has 0 aromatic carbocycles. The molecule has 1 aliphatic rings. The monoisotopic (exact) mass is 259 g/mol. The van der Waals surface area contributed by atoms with Crippen LogP contribution >= 0.6 is 0 Å². The van der Waals surface area contributed by atoms with Crippen molar-refractivity contribution in [2.75, 3.05) is 11.4 Å². The molecule has 2 aromatic rings. The molecule has 1 N–H and O–H groups in total. The van der Waals surface area contributed by atoms with E-state index >= 15 is 0 Å². The van der Waals surface area contributed by atoms with Gasteiger partial charge in [0.15, 0.2) is 0 Å². The predicted octanol–water partition coefficient (Wildman–Crippen LogP) is 2.05. The third-order valence-electron chi connectivity index (χ3n) is 3.39. The lowest BCUT2D eigenvalue weighted by molar-refractivity contribution is -0.384. The number of H-pyrrole nitrogens is 1. The molecule has 1 aliphatic heterocycles. The Kier molecular flexibility index (Phi) is 2.86. The van der Waals surface area contributed by atoms with Gasteiger partial charge in [-0.05, 0) is 18.9 Å². The summed E-state index contributed by atoms with van der Waals surface area (Å²) >= 11 is 0. The number of pyridine rings is 1. The molecule has 1 atom stereocenters. The lowest BCUT2D eigenvalue weighted by Crippen LogP contribution is -2.24. The van der Waals surface area contributed by atoms with E-state index in [2.05, 4.69) is 15.2 Å². The molecule has 1 fully saturated rings. The van der Waals surface area contributed by atoms with E-state index in [0.29, 0.717) is 5.82 Å². The number of nitro groups is 1. The van der Waals surface area contributed by atoms with Gasteiger partial charge in [0, 0.05) is 30.6 Å². The van der Waals surface area contributed by atoms with Crippen LogP contribution in [0, 0.1) is 10.1 Å². The maximum atomic E-state index is 11.1. The summed E-state index contributed by atoms with van der Waals surface area (Å²) in [5.41, 5.74) is 1.09. The van der Waals surface area contributed by atoms with E-state index in [1.54, 1.807) is 18.5 Å². The fourth-order valence-corrected chi connectivity index (χ4v) is 2.56. The summed E-state index contributed by atoms with van der Waals surface area (Å²) in [4.78, 5) is 16.9. The van der Waals surface area contributed by atoms with Crippen LogP contribution < -0.4 is 4.90 Å². The molecule has 19 heavy (non-hydrogen) atoms. The molecular formula is C12H13N5O2. The van der Waals surface area contributed by atoms with Crippen molar-refractivity contribution in [2.24, 2.45) is 0 Å². The molecule has 7 nitrogen and oxygen atoms in total. The van der Waals surface area contributed by atoms with Crippen LogP contribution in [0.2, 0.25) is 0 Å². The van der Waals surface area contributed by atoms with E-state index < -0.39 is 0 Å². The summed E-state index contributed by atoms with van der Waals surface area (Å²) in [5.74, 6) is 0.441. The predicted molar refractivity (Wildman–Crippen MR) is 68.8 cm³/mol.